The first-order valence-electron chi connectivity index (χ1n) is 6.13. The molecule has 0 radical (unpaired) electrons. The largest absolute Gasteiger partial charge is 0.497 e. The van der Waals surface area contributed by atoms with Gasteiger partial charge in [-0.2, -0.15) is 0 Å². The molecule has 0 aliphatic carbocycles. The number of likely N-dealkylation sites (tertiary alicyclic amines) is 1. The minimum Gasteiger partial charge on any atom is -0.497 e. The fourth-order valence-electron chi connectivity index (χ4n) is 2.38. The third kappa shape index (κ3) is 3.01. The van der Waals surface area contributed by atoms with Crippen molar-refractivity contribution in [3.8, 4) is 11.5 Å². The summed E-state index contributed by atoms with van der Waals surface area (Å²) in [6, 6.07) is 5.97. The summed E-state index contributed by atoms with van der Waals surface area (Å²) in [7, 11) is 3.32. The average molecular weight is 249 g/mol. The number of nitrogens with zero attached hydrogens (tertiary/aromatic N) is 1. The topological polar surface area (TPSA) is 38.8 Å². The molecule has 0 unspecified atom stereocenters. The molecule has 1 saturated heterocycles. The summed E-state index contributed by atoms with van der Waals surface area (Å²) in [5, 5.41) is 0. The molecule has 18 heavy (non-hydrogen) atoms. The Morgan fingerprint density at radius 2 is 1.83 bits per heavy atom. The summed E-state index contributed by atoms with van der Waals surface area (Å²) in [6.45, 7) is 2.55. The molecule has 1 aliphatic rings. The average Bonchev–Trinajstić information content (AvgIpc) is 2.35. The maximum absolute atomic E-state index is 10.4. The van der Waals surface area contributed by atoms with E-state index in [9.17, 15) is 4.79 Å². The summed E-state index contributed by atoms with van der Waals surface area (Å²) in [6.07, 6.45) is 1.97. The van der Waals surface area contributed by atoms with Crippen LogP contribution in [0.5, 0.6) is 11.5 Å². The molecule has 1 fully saturated rings. The van der Waals surface area contributed by atoms with Crippen molar-refractivity contribution in [1.82, 2.24) is 4.90 Å². The molecule has 0 aromatic heterocycles. The number of carbonyl (C=O) groups is 1. The Hall–Kier alpha value is -1.55. The molecule has 4 nitrogen and oxygen atoms in total. The van der Waals surface area contributed by atoms with Crippen molar-refractivity contribution in [2.75, 3.05) is 33.9 Å². The lowest BCUT2D eigenvalue weighted by Gasteiger charge is -2.38. The molecular weight excluding hydrogens is 230 g/mol. The van der Waals surface area contributed by atoms with Gasteiger partial charge in [-0.3, -0.25) is 4.90 Å². The molecule has 0 N–H and O–H groups in total. The Morgan fingerprint density at radius 3 is 2.33 bits per heavy atom. The lowest BCUT2D eigenvalue weighted by Crippen LogP contribution is -2.48. The second kappa shape index (κ2) is 5.87. The molecule has 98 valence electrons. The van der Waals surface area contributed by atoms with Crippen LogP contribution in [0.15, 0.2) is 18.2 Å². The van der Waals surface area contributed by atoms with Crippen molar-refractivity contribution >= 4 is 6.29 Å². The molecule has 1 aromatic carbocycles. The lowest BCUT2D eigenvalue weighted by atomic mass is 9.92. The van der Waals surface area contributed by atoms with E-state index in [2.05, 4.69) is 4.90 Å². The van der Waals surface area contributed by atoms with Crippen molar-refractivity contribution < 1.29 is 14.3 Å². The van der Waals surface area contributed by atoms with Crippen LogP contribution in [0.2, 0.25) is 0 Å². The molecule has 0 spiro atoms. The molecule has 0 bridgehead atoms. The van der Waals surface area contributed by atoms with E-state index in [0.717, 1.165) is 37.3 Å². The van der Waals surface area contributed by atoms with Crippen molar-refractivity contribution in [3.05, 3.63) is 23.8 Å². The highest BCUT2D eigenvalue weighted by atomic mass is 16.5. The first kappa shape index (κ1) is 12.9. The molecule has 0 saturated carbocycles. The van der Waals surface area contributed by atoms with Gasteiger partial charge in [-0.15, -0.1) is 0 Å². The smallest absolute Gasteiger partial charge is 0.133 e. The number of hydrogen-bond acceptors (Lipinski definition) is 4. The Bertz CT molecular complexity index is 391. The van der Waals surface area contributed by atoms with Crippen LogP contribution >= 0.6 is 0 Å². The molecule has 0 atom stereocenters. The van der Waals surface area contributed by atoms with Crippen molar-refractivity contribution in [1.29, 1.82) is 0 Å². The monoisotopic (exact) mass is 249 g/mol. The molecule has 4 heteroatoms. The van der Waals surface area contributed by atoms with Gasteiger partial charge >= 0.3 is 0 Å². The maximum atomic E-state index is 10.4. The number of rotatable bonds is 6. The fourth-order valence-corrected chi connectivity index (χ4v) is 2.38. The quantitative estimate of drug-likeness (QED) is 0.714. The maximum Gasteiger partial charge on any atom is 0.133 e. The van der Waals surface area contributed by atoms with E-state index < -0.39 is 0 Å². The summed E-state index contributed by atoms with van der Waals surface area (Å²) < 4.78 is 10.5. The minimum absolute atomic E-state index is 0.554. The van der Waals surface area contributed by atoms with E-state index in [0.29, 0.717) is 12.5 Å². The minimum atomic E-state index is 0.554. The van der Waals surface area contributed by atoms with Gasteiger partial charge in [-0.05, 0) is 30.0 Å². The van der Waals surface area contributed by atoms with E-state index in [1.165, 1.54) is 5.56 Å². The van der Waals surface area contributed by atoms with Gasteiger partial charge in [0.2, 0.25) is 0 Å². The Morgan fingerprint density at radius 1 is 1.22 bits per heavy atom. The predicted molar refractivity (Wildman–Crippen MR) is 69.2 cm³/mol. The highest BCUT2D eigenvalue weighted by Gasteiger charge is 2.26. The van der Waals surface area contributed by atoms with Gasteiger partial charge in [-0.25, -0.2) is 0 Å². The van der Waals surface area contributed by atoms with Crippen LogP contribution in [0.4, 0.5) is 0 Å². The standard InChI is InChI=1S/C14H19NO3/c1-17-13-6-11(7-14(8-13)18-2)5-12-9-15(10-12)3-4-16/h4,6-8,12H,3,5,9-10H2,1-2H3. The van der Waals surface area contributed by atoms with Crippen molar-refractivity contribution in [3.63, 3.8) is 0 Å². The Labute approximate surface area is 107 Å². The fraction of sp³-hybridized carbons (Fsp3) is 0.500. The predicted octanol–water partition coefficient (Wildman–Crippen LogP) is 1.38. The van der Waals surface area contributed by atoms with Crippen LogP contribution in [-0.4, -0.2) is 45.0 Å². The summed E-state index contributed by atoms with van der Waals surface area (Å²) >= 11 is 0. The van der Waals surface area contributed by atoms with Gasteiger partial charge in [0.05, 0.1) is 20.8 Å². The van der Waals surface area contributed by atoms with E-state index in [1.54, 1.807) is 14.2 Å². The molecule has 2 rings (SSSR count). The highest BCUT2D eigenvalue weighted by molar-refractivity contribution is 5.52. The SMILES string of the molecule is COc1cc(CC2CN(CC=O)C2)cc(OC)c1. The van der Waals surface area contributed by atoms with Crippen LogP contribution < -0.4 is 9.47 Å². The third-order valence-corrected chi connectivity index (χ3v) is 3.30. The van der Waals surface area contributed by atoms with Gasteiger partial charge in [0.15, 0.2) is 0 Å². The van der Waals surface area contributed by atoms with E-state index in [1.807, 2.05) is 18.2 Å². The zero-order valence-corrected chi connectivity index (χ0v) is 10.9. The molecule has 1 heterocycles. The highest BCUT2D eigenvalue weighted by Crippen LogP contribution is 2.26. The van der Waals surface area contributed by atoms with Crippen molar-refractivity contribution in [2.24, 2.45) is 5.92 Å². The van der Waals surface area contributed by atoms with Crippen molar-refractivity contribution in [2.45, 2.75) is 6.42 Å². The Kier molecular flexibility index (Phi) is 4.20. The van der Waals surface area contributed by atoms with Gasteiger partial charge in [-0.1, -0.05) is 0 Å². The molecule has 1 aliphatic heterocycles. The number of ether oxygens (including phenoxy) is 2. The molecule has 1 aromatic rings. The number of carbonyl (C=O) groups excluding carboxylic acids is 1. The summed E-state index contributed by atoms with van der Waals surface area (Å²) in [4.78, 5) is 12.5. The van der Waals surface area contributed by atoms with Crippen LogP contribution in [0.25, 0.3) is 0 Å². The van der Waals surface area contributed by atoms with Crippen LogP contribution in [0.1, 0.15) is 5.56 Å². The second-order valence-electron chi connectivity index (χ2n) is 4.68. The van der Waals surface area contributed by atoms with Gasteiger partial charge < -0.3 is 14.3 Å². The number of benzene rings is 1. The summed E-state index contributed by atoms with van der Waals surface area (Å²) in [5.74, 6) is 2.28. The molecule has 0 amide bonds. The van der Waals surface area contributed by atoms with Gasteiger partial charge in [0.1, 0.15) is 17.8 Å². The first-order chi connectivity index (χ1) is 8.75. The third-order valence-electron chi connectivity index (χ3n) is 3.30. The zero-order chi connectivity index (χ0) is 13.0. The Balaban J connectivity index is 1.95. The lowest BCUT2D eigenvalue weighted by molar-refractivity contribution is -0.110. The molecular formula is C14H19NO3. The number of aldehydes is 1. The second-order valence-corrected chi connectivity index (χ2v) is 4.68. The first-order valence-corrected chi connectivity index (χ1v) is 6.13. The van der Waals surface area contributed by atoms with Gasteiger partial charge in [0, 0.05) is 19.2 Å². The van der Waals surface area contributed by atoms with Gasteiger partial charge in [0.25, 0.3) is 0 Å². The van der Waals surface area contributed by atoms with E-state index in [-0.39, 0.29) is 0 Å². The number of hydrogen-bond donors (Lipinski definition) is 0. The normalized spacial score (nSPS) is 16.1. The van der Waals surface area contributed by atoms with Crippen LogP contribution in [0, 0.1) is 5.92 Å². The summed E-state index contributed by atoms with van der Waals surface area (Å²) in [5.41, 5.74) is 1.22. The van der Waals surface area contributed by atoms with E-state index >= 15 is 0 Å². The van der Waals surface area contributed by atoms with E-state index in [4.69, 9.17) is 9.47 Å². The number of methoxy groups -OCH3 is 2. The van der Waals surface area contributed by atoms with Crippen LogP contribution in [0.3, 0.4) is 0 Å². The van der Waals surface area contributed by atoms with Crippen LogP contribution in [-0.2, 0) is 11.2 Å². The zero-order valence-electron chi connectivity index (χ0n) is 10.9.